The molecule has 1 aromatic carbocycles. The van der Waals surface area contributed by atoms with E-state index in [1.807, 2.05) is 37.1 Å². The average molecular weight is 289 g/mol. The number of furan rings is 1. The highest BCUT2D eigenvalue weighted by Gasteiger charge is 2.07. The van der Waals surface area contributed by atoms with Gasteiger partial charge in [-0.3, -0.25) is 0 Å². The highest BCUT2D eigenvalue weighted by atomic mass is 19.1. The first-order valence-electron chi connectivity index (χ1n) is 6.95. The third-order valence-corrected chi connectivity index (χ3v) is 2.97. The molecule has 0 fully saturated rings. The van der Waals surface area contributed by atoms with Crippen LogP contribution >= 0.6 is 0 Å². The van der Waals surface area contributed by atoms with Crippen LogP contribution < -0.4 is 5.32 Å². The quantitative estimate of drug-likeness (QED) is 0.679. The summed E-state index contributed by atoms with van der Waals surface area (Å²) in [6.07, 6.45) is 1.63. The maximum atomic E-state index is 13.2. The Kier molecular flexibility index (Phi) is 5.37. The Balaban J connectivity index is 2.04. The maximum Gasteiger partial charge on any atom is 0.194 e. The van der Waals surface area contributed by atoms with Gasteiger partial charge in [0.2, 0.25) is 0 Å². The Hall–Kier alpha value is -2.30. The monoisotopic (exact) mass is 289 g/mol. The van der Waals surface area contributed by atoms with Crippen LogP contribution in [0.15, 0.2) is 52.1 Å². The van der Waals surface area contributed by atoms with Crippen LogP contribution in [0.2, 0.25) is 0 Å². The SMILES string of the molecule is CCNC(=NCc1ccco1)N(C)Cc1cccc(F)c1. The molecule has 2 aromatic rings. The van der Waals surface area contributed by atoms with Crippen LogP contribution in [0.5, 0.6) is 0 Å². The van der Waals surface area contributed by atoms with E-state index in [9.17, 15) is 4.39 Å². The summed E-state index contributed by atoms with van der Waals surface area (Å²) in [5.74, 6) is 1.35. The normalized spacial score (nSPS) is 11.5. The number of aliphatic imine (C=N–C) groups is 1. The van der Waals surface area contributed by atoms with Crippen molar-refractivity contribution in [3.05, 3.63) is 59.8 Å². The Labute approximate surface area is 124 Å². The molecule has 1 N–H and O–H groups in total. The van der Waals surface area contributed by atoms with Crippen molar-refractivity contribution in [3.8, 4) is 0 Å². The maximum absolute atomic E-state index is 13.2. The highest BCUT2D eigenvalue weighted by Crippen LogP contribution is 2.07. The van der Waals surface area contributed by atoms with E-state index in [4.69, 9.17) is 4.42 Å². The standard InChI is InChI=1S/C16H20FN3O/c1-3-18-16(19-11-15-8-5-9-21-15)20(2)12-13-6-4-7-14(17)10-13/h4-10H,3,11-12H2,1-2H3,(H,18,19). The van der Waals surface area contributed by atoms with Gasteiger partial charge in [-0.2, -0.15) is 0 Å². The molecule has 0 saturated carbocycles. The summed E-state index contributed by atoms with van der Waals surface area (Å²) >= 11 is 0. The fourth-order valence-electron chi connectivity index (χ4n) is 2.01. The number of nitrogens with zero attached hydrogens (tertiary/aromatic N) is 2. The van der Waals surface area contributed by atoms with Crippen molar-refractivity contribution in [1.29, 1.82) is 0 Å². The molecule has 0 radical (unpaired) electrons. The Morgan fingerprint density at radius 2 is 2.19 bits per heavy atom. The van der Waals surface area contributed by atoms with Crippen molar-refractivity contribution >= 4 is 5.96 Å². The van der Waals surface area contributed by atoms with E-state index in [1.165, 1.54) is 12.1 Å². The van der Waals surface area contributed by atoms with Crippen molar-refractivity contribution in [1.82, 2.24) is 10.2 Å². The summed E-state index contributed by atoms with van der Waals surface area (Å²) in [5.41, 5.74) is 0.904. The molecule has 0 amide bonds. The van der Waals surface area contributed by atoms with Crippen LogP contribution in [-0.2, 0) is 13.1 Å². The average Bonchev–Trinajstić information content (AvgIpc) is 2.96. The molecule has 21 heavy (non-hydrogen) atoms. The smallest absolute Gasteiger partial charge is 0.194 e. The topological polar surface area (TPSA) is 40.8 Å². The van der Waals surface area contributed by atoms with Crippen LogP contribution in [0.25, 0.3) is 0 Å². The molecule has 1 heterocycles. The molecule has 0 bridgehead atoms. The molecule has 0 aliphatic rings. The zero-order valence-corrected chi connectivity index (χ0v) is 12.3. The minimum Gasteiger partial charge on any atom is -0.467 e. The van der Waals surface area contributed by atoms with Gasteiger partial charge >= 0.3 is 0 Å². The first-order valence-corrected chi connectivity index (χ1v) is 6.95. The molecule has 5 heteroatoms. The van der Waals surface area contributed by atoms with Gasteiger partial charge in [0, 0.05) is 20.1 Å². The first kappa shape index (κ1) is 15.1. The molecule has 0 aliphatic heterocycles. The van der Waals surface area contributed by atoms with Gasteiger partial charge < -0.3 is 14.6 Å². The predicted molar refractivity (Wildman–Crippen MR) is 81.4 cm³/mol. The molecule has 0 spiro atoms. The van der Waals surface area contributed by atoms with Gasteiger partial charge in [-0.05, 0) is 36.8 Å². The lowest BCUT2D eigenvalue weighted by Crippen LogP contribution is -2.38. The number of hydrogen-bond acceptors (Lipinski definition) is 2. The molecular weight excluding hydrogens is 269 g/mol. The predicted octanol–water partition coefficient (Wildman–Crippen LogP) is 3.02. The molecule has 0 saturated heterocycles. The van der Waals surface area contributed by atoms with Crippen molar-refractivity contribution in [2.75, 3.05) is 13.6 Å². The summed E-state index contributed by atoms with van der Waals surface area (Å²) < 4.78 is 18.5. The minimum absolute atomic E-state index is 0.224. The molecule has 0 aliphatic carbocycles. The number of rotatable bonds is 5. The van der Waals surface area contributed by atoms with Crippen LogP contribution in [0.3, 0.4) is 0 Å². The van der Waals surface area contributed by atoms with E-state index >= 15 is 0 Å². The Bertz CT molecular complexity index is 581. The number of hydrogen-bond donors (Lipinski definition) is 1. The molecule has 1 aromatic heterocycles. The van der Waals surface area contributed by atoms with Crippen LogP contribution in [-0.4, -0.2) is 24.5 Å². The zero-order chi connectivity index (χ0) is 15.1. The second-order valence-electron chi connectivity index (χ2n) is 4.74. The molecule has 4 nitrogen and oxygen atoms in total. The van der Waals surface area contributed by atoms with Gasteiger partial charge in [-0.1, -0.05) is 12.1 Å². The second-order valence-corrected chi connectivity index (χ2v) is 4.74. The molecule has 0 unspecified atom stereocenters. The van der Waals surface area contributed by atoms with Crippen LogP contribution in [0.1, 0.15) is 18.2 Å². The van der Waals surface area contributed by atoms with Gasteiger partial charge in [0.25, 0.3) is 0 Å². The van der Waals surface area contributed by atoms with E-state index in [1.54, 1.807) is 12.3 Å². The summed E-state index contributed by atoms with van der Waals surface area (Å²) in [5, 5.41) is 3.22. The number of benzene rings is 1. The third kappa shape index (κ3) is 4.63. The minimum atomic E-state index is -0.224. The van der Waals surface area contributed by atoms with E-state index in [-0.39, 0.29) is 5.82 Å². The van der Waals surface area contributed by atoms with Crippen molar-refractivity contribution in [2.45, 2.75) is 20.0 Å². The fraction of sp³-hybridized carbons (Fsp3) is 0.312. The Morgan fingerprint density at radius 1 is 1.33 bits per heavy atom. The lowest BCUT2D eigenvalue weighted by atomic mass is 10.2. The molecule has 0 atom stereocenters. The number of nitrogens with one attached hydrogen (secondary N) is 1. The lowest BCUT2D eigenvalue weighted by molar-refractivity contribution is 0.468. The number of guanidine groups is 1. The third-order valence-electron chi connectivity index (χ3n) is 2.97. The first-order chi connectivity index (χ1) is 10.2. The summed E-state index contributed by atoms with van der Waals surface area (Å²) in [4.78, 5) is 6.48. The zero-order valence-electron chi connectivity index (χ0n) is 12.3. The van der Waals surface area contributed by atoms with Gasteiger partial charge in [0.05, 0.1) is 6.26 Å². The van der Waals surface area contributed by atoms with Crippen LogP contribution in [0, 0.1) is 5.82 Å². The van der Waals surface area contributed by atoms with Gasteiger partial charge in [-0.15, -0.1) is 0 Å². The van der Waals surface area contributed by atoms with Crippen molar-refractivity contribution in [2.24, 2.45) is 4.99 Å². The van der Waals surface area contributed by atoms with Crippen LogP contribution in [0.4, 0.5) is 4.39 Å². The second kappa shape index (κ2) is 7.47. The lowest BCUT2D eigenvalue weighted by Gasteiger charge is -2.22. The Morgan fingerprint density at radius 3 is 2.86 bits per heavy atom. The van der Waals surface area contributed by atoms with E-state index < -0.39 is 0 Å². The van der Waals surface area contributed by atoms with Crippen molar-refractivity contribution in [3.63, 3.8) is 0 Å². The van der Waals surface area contributed by atoms with Crippen molar-refractivity contribution < 1.29 is 8.81 Å². The summed E-state index contributed by atoms with van der Waals surface area (Å²) in [7, 11) is 1.93. The molecule has 112 valence electrons. The van der Waals surface area contributed by atoms with E-state index in [0.29, 0.717) is 13.1 Å². The van der Waals surface area contributed by atoms with E-state index in [0.717, 1.165) is 23.8 Å². The van der Waals surface area contributed by atoms with Gasteiger partial charge in [-0.25, -0.2) is 9.38 Å². The van der Waals surface area contributed by atoms with Gasteiger partial charge in [0.15, 0.2) is 5.96 Å². The molecule has 2 rings (SSSR count). The summed E-state index contributed by atoms with van der Waals surface area (Å²) in [6.45, 7) is 3.84. The highest BCUT2D eigenvalue weighted by molar-refractivity contribution is 5.79. The van der Waals surface area contributed by atoms with E-state index in [2.05, 4.69) is 10.3 Å². The molecular formula is C16H20FN3O. The largest absolute Gasteiger partial charge is 0.467 e. The summed E-state index contributed by atoms with van der Waals surface area (Å²) in [6, 6.07) is 10.3. The fourth-order valence-corrected chi connectivity index (χ4v) is 2.01. The van der Waals surface area contributed by atoms with Gasteiger partial charge in [0.1, 0.15) is 18.1 Å². The number of halogens is 1.